The Morgan fingerprint density at radius 1 is 1.11 bits per heavy atom. The Bertz CT molecular complexity index is 961. The molecule has 8 heteroatoms. The molecule has 1 aromatic carbocycles. The van der Waals surface area contributed by atoms with Crippen LogP contribution < -0.4 is 0 Å². The van der Waals surface area contributed by atoms with Crippen molar-refractivity contribution in [1.29, 1.82) is 21.2 Å². The highest BCUT2D eigenvalue weighted by atomic mass is 35.5. The molecule has 1 N–H and O–H groups in total. The van der Waals surface area contributed by atoms with Crippen molar-refractivity contribution in [3.63, 3.8) is 0 Å². The number of nitriles is 3. The van der Waals surface area contributed by atoms with E-state index in [1.807, 2.05) is 12.1 Å². The molecule has 1 saturated carbocycles. The molecule has 2 heterocycles. The van der Waals surface area contributed by atoms with E-state index in [1.165, 1.54) is 6.07 Å². The summed E-state index contributed by atoms with van der Waals surface area (Å²) in [7, 11) is 0. The topological polar surface area (TPSA) is 114 Å². The van der Waals surface area contributed by atoms with Crippen molar-refractivity contribution in [2.75, 3.05) is 0 Å². The maximum absolute atomic E-state index is 10.2. The van der Waals surface area contributed by atoms with E-state index in [2.05, 4.69) is 6.07 Å². The Hall–Kier alpha value is -2.30. The summed E-state index contributed by atoms with van der Waals surface area (Å²) in [6.07, 6.45) is 1.50. The molecule has 136 valence electrons. The highest BCUT2D eigenvalue weighted by molar-refractivity contribution is 6.35. The van der Waals surface area contributed by atoms with Crippen LogP contribution in [0.4, 0.5) is 0 Å². The van der Waals surface area contributed by atoms with Crippen LogP contribution in [0.2, 0.25) is 10.0 Å². The average Bonchev–Trinajstić information content (AvgIpc) is 2.87. The van der Waals surface area contributed by atoms with E-state index >= 15 is 0 Å². The number of nitrogens with one attached hydrogen (secondary N) is 1. The molecule has 6 nitrogen and oxygen atoms in total. The molecule has 0 aromatic heterocycles. The summed E-state index contributed by atoms with van der Waals surface area (Å²) in [6.45, 7) is 0. The van der Waals surface area contributed by atoms with Crippen LogP contribution in [0.25, 0.3) is 0 Å². The van der Waals surface area contributed by atoms with Crippen molar-refractivity contribution < 1.29 is 9.47 Å². The van der Waals surface area contributed by atoms with Crippen molar-refractivity contribution in [1.82, 2.24) is 0 Å². The molecule has 1 aromatic rings. The lowest BCUT2D eigenvalue weighted by atomic mass is 9.51. The molecule has 1 aliphatic carbocycles. The predicted molar refractivity (Wildman–Crippen MR) is 95.5 cm³/mol. The predicted octanol–water partition coefficient (Wildman–Crippen LogP) is 4.50. The lowest BCUT2D eigenvalue weighted by Crippen LogP contribution is -2.60. The maximum Gasteiger partial charge on any atom is 0.217 e. The molecule has 2 saturated heterocycles. The SMILES string of the molecule is N#CC1(C#N)[C@@H](c2ccc(Cl)cc2Cl)O[C@@]23CCCC[C@H]2[C@]1(C#N)C(=N)O3. The van der Waals surface area contributed by atoms with E-state index in [0.717, 1.165) is 12.8 Å². The fraction of sp³-hybridized carbons (Fsp3) is 0.474. The fourth-order valence-electron chi connectivity index (χ4n) is 4.85. The summed E-state index contributed by atoms with van der Waals surface area (Å²) in [5.41, 5.74) is -3.31. The number of nitrogens with zero attached hydrogens (tertiary/aromatic N) is 3. The first-order chi connectivity index (χ1) is 12.9. The largest absolute Gasteiger partial charge is 0.447 e. The van der Waals surface area contributed by atoms with Gasteiger partial charge in [0.2, 0.25) is 17.1 Å². The van der Waals surface area contributed by atoms with Crippen molar-refractivity contribution in [3.8, 4) is 18.2 Å². The van der Waals surface area contributed by atoms with Crippen LogP contribution in [-0.4, -0.2) is 11.7 Å². The Balaban J connectivity index is 2.02. The summed E-state index contributed by atoms with van der Waals surface area (Å²) in [5, 5.41) is 39.5. The van der Waals surface area contributed by atoms with E-state index in [9.17, 15) is 15.8 Å². The Labute approximate surface area is 166 Å². The first-order valence-electron chi connectivity index (χ1n) is 8.55. The minimum Gasteiger partial charge on any atom is -0.447 e. The molecule has 4 rings (SSSR count). The van der Waals surface area contributed by atoms with Gasteiger partial charge in [0, 0.05) is 22.0 Å². The van der Waals surface area contributed by atoms with Gasteiger partial charge >= 0.3 is 0 Å². The molecule has 0 spiro atoms. The number of benzene rings is 1. The molecule has 0 radical (unpaired) electrons. The third kappa shape index (κ3) is 2.00. The number of rotatable bonds is 1. The third-order valence-electron chi connectivity index (χ3n) is 6.06. The molecule has 2 bridgehead atoms. The highest BCUT2D eigenvalue weighted by Crippen LogP contribution is 2.69. The van der Waals surface area contributed by atoms with Crippen LogP contribution in [0.15, 0.2) is 18.2 Å². The van der Waals surface area contributed by atoms with Gasteiger partial charge in [-0.05, 0) is 25.0 Å². The van der Waals surface area contributed by atoms with E-state index in [4.69, 9.17) is 38.1 Å². The zero-order valence-electron chi connectivity index (χ0n) is 14.1. The average molecular weight is 401 g/mol. The van der Waals surface area contributed by atoms with Gasteiger partial charge in [-0.2, -0.15) is 15.8 Å². The monoisotopic (exact) mass is 400 g/mol. The first kappa shape index (κ1) is 18.1. The van der Waals surface area contributed by atoms with Gasteiger partial charge in [0.1, 0.15) is 6.10 Å². The summed E-state index contributed by atoms with van der Waals surface area (Å²) in [5.74, 6) is -2.12. The highest BCUT2D eigenvalue weighted by Gasteiger charge is 2.80. The van der Waals surface area contributed by atoms with Crippen LogP contribution >= 0.6 is 23.2 Å². The number of hydrogen-bond acceptors (Lipinski definition) is 6. The minimum atomic E-state index is -1.97. The summed E-state index contributed by atoms with van der Waals surface area (Å²) in [4.78, 5) is 0. The number of ether oxygens (including phenoxy) is 2. The minimum absolute atomic E-state index is 0.229. The van der Waals surface area contributed by atoms with Crippen LogP contribution in [0.5, 0.6) is 0 Å². The second-order valence-corrected chi connectivity index (χ2v) is 8.00. The Morgan fingerprint density at radius 2 is 1.85 bits per heavy atom. The van der Waals surface area contributed by atoms with Crippen LogP contribution in [0, 0.1) is 56.2 Å². The second kappa shape index (κ2) is 5.85. The van der Waals surface area contributed by atoms with Gasteiger partial charge in [-0.25, -0.2) is 0 Å². The molecular weight excluding hydrogens is 387 g/mol. The smallest absolute Gasteiger partial charge is 0.217 e. The zero-order chi connectivity index (χ0) is 19.4. The Kier molecular flexibility index (Phi) is 3.92. The van der Waals surface area contributed by atoms with Gasteiger partial charge in [0.25, 0.3) is 0 Å². The van der Waals surface area contributed by atoms with Crippen LogP contribution in [-0.2, 0) is 9.47 Å². The lowest BCUT2D eigenvalue weighted by molar-refractivity contribution is -0.294. The molecule has 27 heavy (non-hydrogen) atoms. The van der Waals surface area contributed by atoms with Gasteiger partial charge < -0.3 is 9.47 Å². The molecule has 3 fully saturated rings. The summed E-state index contributed by atoms with van der Waals surface area (Å²) < 4.78 is 12.1. The zero-order valence-corrected chi connectivity index (χ0v) is 15.6. The third-order valence-corrected chi connectivity index (χ3v) is 6.62. The van der Waals surface area contributed by atoms with Gasteiger partial charge in [-0.15, -0.1) is 0 Å². The molecule has 0 amide bonds. The Morgan fingerprint density at radius 3 is 2.48 bits per heavy atom. The van der Waals surface area contributed by atoms with Gasteiger partial charge in [0.15, 0.2) is 5.41 Å². The standard InChI is InChI=1S/C19H14Cl2N4O2/c20-11-4-5-12(13(21)7-11)15-17(8-22,9-23)18(10-24)14-3-1-2-6-19(14,26-15)27-16(18)25/h4-5,7,14-15,25H,1-3,6H2/t14-,15+,18+,19+/m0/s1. The van der Waals surface area contributed by atoms with E-state index < -0.39 is 28.6 Å². The van der Waals surface area contributed by atoms with Crippen LogP contribution in [0.3, 0.4) is 0 Å². The second-order valence-electron chi connectivity index (χ2n) is 7.16. The van der Waals surface area contributed by atoms with E-state index in [1.54, 1.807) is 12.1 Å². The molecule has 2 aliphatic heterocycles. The normalized spacial score (nSPS) is 35.9. The number of halogens is 2. The van der Waals surface area contributed by atoms with Crippen molar-refractivity contribution in [2.24, 2.45) is 16.7 Å². The molecule has 3 aliphatic rings. The number of hydrogen-bond donors (Lipinski definition) is 1. The molecular formula is C19H14Cl2N4O2. The van der Waals surface area contributed by atoms with Gasteiger partial charge in [-0.1, -0.05) is 35.7 Å². The maximum atomic E-state index is 10.2. The van der Waals surface area contributed by atoms with Gasteiger partial charge in [-0.3, -0.25) is 5.41 Å². The van der Waals surface area contributed by atoms with Gasteiger partial charge in [0.05, 0.1) is 24.1 Å². The van der Waals surface area contributed by atoms with Crippen LogP contribution in [0.1, 0.15) is 37.4 Å². The fourth-order valence-corrected chi connectivity index (χ4v) is 5.36. The van der Waals surface area contributed by atoms with E-state index in [0.29, 0.717) is 23.4 Å². The lowest BCUT2D eigenvalue weighted by Gasteiger charge is -2.51. The molecule has 4 atom stereocenters. The molecule has 0 unspecified atom stereocenters. The summed E-state index contributed by atoms with van der Waals surface area (Å²) in [6, 6.07) is 10.8. The van der Waals surface area contributed by atoms with E-state index in [-0.39, 0.29) is 10.9 Å². The first-order valence-corrected chi connectivity index (χ1v) is 9.31. The quantitative estimate of drug-likeness (QED) is 0.744. The van der Waals surface area contributed by atoms with Crippen molar-refractivity contribution in [3.05, 3.63) is 33.8 Å². The summed E-state index contributed by atoms with van der Waals surface area (Å²) >= 11 is 12.3. The van der Waals surface area contributed by atoms with Crippen molar-refractivity contribution in [2.45, 2.75) is 37.6 Å². The van der Waals surface area contributed by atoms with Crippen molar-refractivity contribution >= 4 is 29.1 Å².